The zero-order chi connectivity index (χ0) is 22.4. The summed E-state index contributed by atoms with van der Waals surface area (Å²) in [6, 6.07) is 19.1. The first kappa shape index (κ1) is 24.9. The van der Waals surface area contributed by atoms with Gasteiger partial charge in [0.1, 0.15) is 17.1 Å². The van der Waals surface area contributed by atoms with Crippen LogP contribution in [-0.2, 0) is 13.7 Å². The van der Waals surface area contributed by atoms with E-state index >= 15 is 0 Å². The second kappa shape index (κ2) is 10.8. The molecule has 0 spiro atoms. The quantitative estimate of drug-likeness (QED) is 0.351. The molecule has 0 aliphatic carbocycles. The Morgan fingerprint density at radius 3 is 1.63 bits per heavy atom. The van der Waals surface area contributed by atoms with Gasteiger partial charge < -0.3 is 18.9 Å². The van der Waals surface area contributed by atoms with Gasteiger partial charge in [0.15, 0.2) is 0 Å². The van der Waals surface area contributed by atoms with E-state index < -0.39 is 14.5 Å². The molecule has 5 nitrogen and oxygen atoms in total. The number of benzene rings is 2. The molecule has 162 valence electrons. The Bertz CT molecular complexity index is 971. The lowest BCUT2D eigenvalue weighted by Crippen LogP contribution is -2.29. The van der Waals surface area contributed by atoms with Crippen molar-refractivity contribution in [2.75, 3.05) is 46.3 Å². The highest BCUT2D eigenvalue weighted by Crippen LogP contribution is 2.60. The van der Waals surface area contributed by atoms with Crippen LogP contribution in [0, 0.1) is 0 Å². The van der Waals surface area contributed by atoms with Crippen LogP contribution in [0.4, 0.5) is 0 Å². The first-order valence-electron chi connectivity index (χ1n) is 9.37. The molecule has 2 aromatic carbocycles. The van der Waals surface area contributed by atoms with E-state index in [1.165, 1.54) is 7.11 Å². The molecule has 9 heteroatoms. The van der Waals surface area contributed by atoms with Crippen molar-refractivity contribution in [2.45, 2.75) is 0 Å². The van der Waals surface area contributed by atoms with E-state index in [1.807, 2.05) is 60.7 Å². The average Bonchev–Trinajstić information content (AvgIpc) is 2.72. The van der Waals surface area contributed by atoms with Crippen molar-refractivity contribution < 1.29 is 13.7 Å². The van der Waals surface area contributed by atoms with Crippen molar-refractivity contribution in [3.05, 3.63) is 71.8 Å². The lowest BCUT2D eigenvalue weighted by Gasteiger charge is -2.29. The van der Waals surface area contributed by atoms with Gasteiger partial charge in [-0.05, 0) is 6.66 Å². The predicted octanol–water partition coefficient (Wildman–Crippen LogP) is 5.39. The summed E-state index contributed by atoms with van der Waals surface area (Å²) in [6.45, 7) is 1.65. The highest BCUT2D eigenvalue weighted by atomic mass is 32.1. The van der Waals surface area contributed by atoms with Crippen LogP contribution < -0.4 is 0 Å². The zero-order valence-corrected chi connectivity index (χ0v) is 21.1. The standard InChI is InChI=1S/C21H28N2O3P2S2/c1-22(20(29)18-11-7-5-8-12-18)15-27(4,24)17-28(25,26-3)16-23(2)21(30)19-13-9-6-10-14-19/h5-14H,15-17H2,1-4H3. The van der Waals surface area contributed by atoms with Crippen LogP contribution in [0.2, 0.25) is 0 Å². The van der Waals surface area contributed by atoms with Gasteiger partial charge in [-0.15, -0.1) is 0 Å². The van der Waals surface area contributed by atoms with Gasteiger partial charge in [0.25, 0.3) is 0 Å². The monoisotopic (exact) mass is 482 g/mol. The Balaban J connectivity index is 2.06. The Hall–Kier alpha value is -1.36. The fraction of sp³-hybridized carbons (Fsp3) is 0.333. The maximum atomic E-state index is 13.4. The van der Waals surface area contributed by atoms with Gasteiger partial charge in [0.2, 0.25) is 7.37 Å². The second-order valence-corrected chi connectivity index (χ2v) is 14.5. The fourth-order valence-electron chi connectivity index (χ4n) is 3.16. The summed E-state index contributed by atoms with van der Waals surface area (Å²) < 4.78 is 32.2. The third kappa shape index (κ3) is 7.11. The molecule has 2 unspecified atom stereocenters. The van der Waals surface area contributed by atoms with Gasteiger partial charge in [-0.3, -0.25) is 4.57 Å². The molecule has 0 aliphatic rings. The van der Waals surface area contributed by atoms with Crippen LogP contribution >= 0.6 is 38.9 Å². The molecule has 0 aromatic heterocycles. The van der Waals surface area contributed by atoms with Gasteiger partial charge in [-0.2, -0.15) is 0 Å². The molecule has 0 amide bonds. The summed E-state index contributed by atoms with van der Waals surface area (Å²) >= 11 is 11.0. The molecule has 30 heavy (non-hydrogen) atoms. The Labute approximate surface area is 190 Å². The first-order valence-corrected chi connectivity index (χ1v) is 14.7. The van der Waals surface area contributed by atoms with Gasteiger partial charge in [-0.1, -0.05) is 85.1 Å². The van der Waals surface area contributed by atoms with E-state index in [1.54, 1.807) is 30.6 Å². The molecule has 0 saturated heterocycles. The lowest BCUT2D eigenvalue weighted by molar-refractivity contribution is 0.382. The molecular formula is C21H28N2O3P2S2. The SMILES string of the molecule is COP(=O)(CN(C)C(=S)c1ccccc1)CP(C)(=O)CN(C)C(=S)c1ccccc1. The molecule has 0 bridgehead atoms. The van der Waals surface area contributed by atoms with Crippen LogP contribution in [0.3, 0.4) is 0 Å². The number of nitrogens with zero attached hydrogens (tertiary/aromatic N) is 2. The molecule has 2 aromatic rings. The van der Waals surface area contributed by atoms with E-state index in [0.717, 1.165) is 11.1 Å². The van der Waals surface area contributed by atoms with Gasteiger partial charge >= 0.3 is 0 Å². The van der Waals surface area contributed by atoms with Crippen molar-refractivity contribution in [2.24, 2.45) is 0 Å². The van der Waals surface area contributed by atoms with Crippen LogP contribution in [0.25, 0.3) is 0 Å². The fourth-order valence-corrected chi connectivity index (χ4v) is 10.5. The second-order valence-electron chi connectivity index (χ2n) is 7.46. The maximum Gasteiger partial charge on any atom is 0.228 e. The summed E-state index contributed by atoms with van der Waals surface area (Å²) in [6.07, 6.45) is 0.322. The Kier molecular flexibility index (Phi) is 8.96. The van der Waals surface area contributed by atoms with Crippen LogP contribution in [-0.4, -0.2) is 66.1 Å². The summed E-state index contributed by atoms with van der Waals surface area (Å²) in [5.74, 6) is -0.0139. The summed E-state index contributed by atoms with van der Waals surface area (Å²) in [7, 11) is -1.06. The highest BCUT2D eigenvalue weighted by molar-refractivity contribution is 7.81. The summed E-state index contributed by atoms with van der Waals surface area (Å²) in [5, 5.41) is 0. The minimum atomic E-state index is -3.21. The average molecular weight is 483 g/mol. The third-order valence-electron chi connectivity index (χ3n) is 4.52. The molecule has 0 N–H and O–H groups in total. The number of thiocarbonyl (C=S) groups is 2. The number of hydrogen-bond acceptors (Lipinski definition) is 5. The van der Waals surface area contributed by atoms with Crippen molar-refractivity contribution in [3.63, 3.8) is 0 Å². The molecule has 0 fully saturated rings. The van der Waals surface area contributed by atoms with Crippen molar-refractivity contribution in [1.82, 2.24) is 9.80 Å². The Morgan fingerprint density at radius 1 is 0.833 bits per heavy atom. The van der Waals surface area contributed by atoms with Crippen molar-refractivity contribution in [3.8, 4) is 0 Å². The topological polar surface area (TPSA) is 49.9 Å². The van der Waals surface area contributed by atoms with Gasteiger partial charge in [0, 0.05) is 32.3 Å². The molecule has 0 saturated carbocycles. The predicted molar refractivity (Wildman–Crippen MR) is 135 cm³/mol. The molecular weight excluding hydrogens is 454 g/mol. The summed E-state index contributed by atoms with van der Waals surface area (Å²) in [5.41, 5.74) is 1.75. The van der Waals surface area contributed by atoms with E-state index in [-0.39, 0.29) is 18.5 Å². The lowest BCUT2D eigenvalue weighted by atomic mass is 10.2. The van der Waals surface area contributed by atoms with Gasteiger partial charge in [0.05, 0.1) is 18.5 Å². The molecule has 0 aliphatic heterocycles. The van der Waals surface area contributed by atoms with Crippen LogP contribution in [0.15, 0.2) is 60.7 Å². The van der Waals surface area contributed by atoms with E-state index in [0.29, 0.717) is 9.98 Å². The van der Waals surface area contributed by atoms with Crippen LogP contribution in [0.1, 0.15) is 11.1 Å². The molecule has 0 heterocycles. The highest BCUT2D eigenvalue weighted by Gasteiger charge is 2.34. The van der Waals surface area contributed by atoms with E-state index in [9.17, 15) is 9.13 Å². The Morgan fingerprint density at radius 2 is 1.23 bits per heavy atom. The largest absolute Gasteiger partial charge is 0.358 e. The van der Waals surface area contributed by atoms with E-state index in [2.05, 4.69) is 0 Å². The maximum absolute atomic E-state index is 13.4. The zero-order valence-electron chi connectivity index (χ0n) is 17.7. The number of rotatable bonds is 9. The molecule has 2 atom stereocenters. The minimum Gasteiger partial charge on any atom is -0.358 e. The minimum absolute atomic E-state index is 0.0139. The van der Waals surface area contributed by atoms with Gasteiger partial charge in [-0.25, -0.2) is 0 Å². The van der Waals surface area contributed by atoms with E-state index in [4.69, 9.17) is 29.0 Å². The van der Waals surface area contributed by atoms with Crippen molar-refractivity contribution >= 4 is 48.9 Å². The van der Waals surface area contributed by atoms with Crippen molar-refractivity contribution in [1.29, 1.82) is 0 Å². The molecule has 0 radical (unpaired) electrons. The normalized spacial score (nSPS) is 14.9. The smallest absolute Gasteiger partial charge is 0.228 e. The van der Waals surface area contributed by atoms with Crippen LogP contribution in [0.5, 0.6) is 0 Å². The molecule has 2 rings (SSSR count). The first-order chi connectivity index (χ1) is 14.1. The number of hydrogen-bond donors (Lipinski definition) is 0. The summed E-state index contributed by atoms with van der Waals surface area (Å²) in [4.78, 5) is 4.69. The third-order valence-corrected chi connectivity index (χ3v) is 12.3.